The highest BCUT2D eigenvalue weighted by atomic mass is 15.2. The Morgan fingerprint density at radius 3 is 2.38 bits per heavy atom. The van der Waals surface area contributed by atoms with Gasteiger partial charge in [-0.15, -0.1) is 0 Å². The van der Waals surface area contributed by atoms with Crippen molar-refractivity contribution in [1.82, 2.24) is 4.90 Å². The molecular formula is C12H25N. The Bertz CT molecular complexity index is 142. The monoisotopic (exact) mass is 183 g/mol. The molecule has 0 aromatic carbocycles. The summed E-state index contributed by atoms with van der Waals surface area (Å²) in [6.07, 6.45) is 4.23. The van der Waals surface area contributed by atoms with E-state index in [1.54, 1.807) is 0 Å². The molecule has 1 aliphatic rings. The molecule has 2 atom stereocenters. The van der Waals surface area contributed by atoms with Gasteiger partial charge in [0.2, 0.25) is 0 Å². The second kappa shape index (κ2) is 4.99. The third-order valence-corrected chi connectivity index (χ3v) is 3.41. The third-order valence-electron chi connectivity index (χ3n) is 3.41. The average molecular weight is 183 g/mol. The Morgan fingerprint density at radius 2 is 2.00 bits per heavy atom. The fraction of sp³-hybridized carbons (Fsp3) is 1.00. The van der Waals surface area contributed by atoms with Crippen LogP contribution in [0.1, 0.15) is 47.0 Å². The number of hydrogen-bond acceptors (Lipinski definition) is 1. The van der Waals surface area contributed by atoms with Crippen LogP contribution >= 0.6 is 0 Å². The summed E-state index contributed by atoms with van der Waals surface area (Å²) in [5.74, 6) is 1.82. The highest BCUT2D eigenvalue weighted by molar-refractivity contribution is 4.86. The minimum Gasteiger partial charge on any atom is -0.300 e. The minimum atomic E-state index is 0.835. The van der Waals surface area contributed by atoms with E-state index in [0.717, 1.165) is 17.9 Å². The molecule has 1 nitrogen and oxygen atoms in total. The summed E-state index contributed by atoms with van der Waals surface area (Å²) in [5, 5.41) is 0. The number of likely N-dealkylation sites (tertiary alicyclic amines) is 1. The van der Waals surface area contributed by atoms with Crippen molar-refractivity contribution in [2.75, 3.05) is 13.1 Å². The lowest BCUT2D eigenvalue weighted by Crippen LogP contribution is -2.33. The molecule has 0 aromatic heterocycles. The lowest BCUT2D eigenvalue weighted by molar-refractivity contribution is 0.215. The second-order valence-corrected chi connectivity index (χ2v) is 4.79. The molecule has 1 heteroatoms. The first-order chi connectivity index (χ1) is 6.19. The van der Waals surface area contributed by atoms with Gasteiger partial charge in [-0.05, 0) is 31.2 Å². The fourth-order valence-electron chi connectivity index (χ4n) is 2.71. The van der Waals surface area contributed by atoms with Gasteiger partial charge in [-0.2, -0.15) is 0 Å². The molecule has 0 aliphatic carbocycles. The molecule has 1 saturated heterocycles. The van der Waals surface area contributed by atoms with Gasteiger partial charge in [-0.25, -0.2) is 0 Å². The van der Waals surface area contributed by atoms with E-state index in [1.165, 1.54) is 32.4 Å². The van der Waals surface area contributed by atoms with E-state index < -0.39 is 0 Å². The van der Waals surface area contributed by atoms with Crippen LogP contribution in [0.2, 0.25) is 0 Å². The van der Waals surface area contributed by atoms with E-state index in [4.69, 9.17) is 0 Å². The summed E-state index contributed by atoms with van der Waals surface area (Å²) < 4.78 is 0. The molecular weight excluding hydrogens is 158 g/mol. The molecule has 0 unspecified atom stereocenters. The lowest BCUT2D eigenvalue weighted by atomic mass is 9.95. The van der Waals surface area contributed by atoms with E-state index in [9.17, 15) is 0 Å². The maximum Gasteiger partial charge on any atom is 0.0121 e. The maximum atomic E-state index is 2.67. The van der Waals surface area contributed by atoms with Crippen molar-refractivity contribution < 1.29 is 0 Å². The van der Waals surface area contributed by atoms with Gasteiger partial charge in [-0.3, -0.25) is 0 Å². The van der Waals surface area contributed by atoms with Gasteiger partial charge in [-0.1, -0.05) is 34.1 Å². The Kier molecular flexibility index (Phi) is 4.24. The van der Waals surface area contributed by atoms with Crippen LogP contribution in [0.4, 0.5) is 0 Å². The van der Waals surface area contributed by atoms with E-state index in [1.807, 2.05) is 0 Å². The molecule has 0 amide bonds. The Morgan fingerprint density at radius 1 is 1.31 bits per heavy atom. The highest BCUT2D eigenvalue weighted by Gasteiger charge is 2.31. The zero-order valence-corrected chi connectivity index (χ0v) is 9.71. The molecule has 1 rings (SSSR count). The highest BCUT2D eigenvalue weighted by Crippen LogP contribution is 2.30. The predicted octanol–water partition coefficient (Wildman–Crippen LogP) is 3.15. The van der Waals surface area contributed by atoms with Crippen LogP contribution in [0.5, 0.6) is 0 Å². The quantitative estimate of drug-likeness (QED) is 0.647. The van der Waals surface area contributed by atoms with Crippen molar-refractivity contribution in [3.05, 3.63) is 0 Å². The largest absolute Gasteiger partial charge is 0.300 e. The van der Waals surface area contributed by atoms with Crippen molar-refractivity contribution >= 4 is 0 Å². The summed E-state index contributed by atoms with van der Waals surface area (Å²) in [5.41, 5.74) is 0. The molecule has 0 bridgehead atoms. The summed E-state index contributed by atoms with van der Waals surface area (Å²) in [6, 6.07) is 0.863. The smallest absolute Gasteiger partial charge is 0.0121 e. The van der Waals surface area contributed by atoms with Gasteiger partial charge in [0.1, 0.15) is 0 Å². The zero-order valence-electron chi connectivity index (χ0n) is 9.71. The van der Waals surface area contributed by atoms with Crippen LogP contribution in [0.3, 0.4) is 0 Å². The predicted molar refractivity (Wildman–Crippen MR) is 58.9 cm³/mol. The number of rotatable bonds is 4. The molecule has 13 heavy (non-hydrogen) atoms. The maximum absolute atomic E-state index is 2.67. The van der Waals surface area contributed by atoms with Gasteiger partial charge in [0.15, 0.2) is 0 Å². The van der Waals surface area contributed by atoms with Crippen molar-refractivity contribution in [3.8, 4) is 0 Å². The Labute approximate surface area is 83.5 Å². The molecule has 0 radical (unpaired) electrons. The fourth-order valence-corrected chi connectivity index (χ4v) is 2.71. The van der Waals surface area contributed by atoms with Gasteiger partial charge >= 0.3 is 0 Å². The summed E-state index contributed by atoms with van der Waals surface area (Å²) in [7, 11) is 0. The molecule has 1 aliphatic heterocycles. The summed E-state index contributed by atoms with van der Waals surface area (Å²) >= 11 is 0. The zero-order chi connectivity index (χ0) is 9.84. The van der Waals surface area contributed by atoms with Crippen molar-refractivity contribution in [3.63, 3.8) is 0 Å². The van der Waals surface area contributed by atoms with E-state index in [0.29, 0.717) is 0 Å². The van der Waals surface area contributed by atoms with E-state index in [-0.39, 0.29) is 0 Å². The third kappa shape index (κ3) is 2.70. The van der Waals surface area contributed by atoms with Crippen LogP contribution in [-0.4, -0.2) is 24.0 Å². The average Bonchev–Trinajstić information content (AvgIpc) is 2.48. The summed E-state index contributed by atoms with van der Waals surface area (Å²) in [6.45, 7) is 11.9. The molecule has 0 saturated carbocycles. The minimum absolute atomic E-state index is 0.835. The second-order valence-electron chi connectivity index (χ2n) is 4.79. The molecule has 0 aromatic rings. The van der Waals surface area contributed by atoms with Crippen molar-refractivity contribution in [1.29, 1.82) is 0 Å². The van der Waals surface area contributed by atoms with E-state index in [2.05, 4.69) is 32.6 Å². The van der Waals surface area contributed by atoms with Crippen LogP contribution < -0.4 is 0 Å². The molecule has 78 valence electrons. The van der Waals surface area contributed by atoms with Gasteiger partial charge in [0.05, 0.1) is 0 Å². The van der Waals surface area contributed by atoms with Crippen LogP contribution in [0.15, 0.2) is 0 Å². The first-order valence-electron chi connectivity index (χ1n) is 5.93. The molecule has 0 spiro atoms. The topological polar surface area (TPSA) is 3.24 Å². The van der Waals surface area contributed by atoms with Crippen LogP contribution in [0.25, 0.3) is 0 Å². The summed E-state index contributed by atoms with van der Waals surface area (Å²) in [4.78, 5) is 2.67. The Hall–Kier alpha value is -0.0400. The van der Waals surface area contributed by atoms with Crippen LogP contribution in [0, 0.1) is 11.8 Å². The molecule has 1 fully saturated rings. The number of hydrogen-bond donors (Lipinski definition) is 0. The van der Waals surface area contributed by atoms with Gasteiger partial charge in [0, 0.05) is 12.6 Å². The molecule has 0 N–H and O–H groups in total. The normalized spacial score (nSPS) is 30.2. The Balaban J connectivity index is 2.46. The van der Waals surface area contributed by atoms with E-state index >= 15 is 0 Å². The van der Waals surface area contributed by atoms with Crippen molar-refractivity contribution in [2.24, 2.45) is 11.8 Å². The number of nitrogens with zero attached hydrogens (tertiary/aromatic N) is 1. The molecule has 1 heterocycles. The standard InChI is InChI=1S/C12H25N/c1-5-7-11-8-12(10(3)4)13(6-2)9-11/h10-12H,5-9H2,1-4H3/t11-,12-/m0/s1. The van der Waals surface area contributed by atoms with Crippen molar-refractivity contribution in [2.45, 2.75) is 53.0 Å². The first-order valence-corrected chi connectivity index (χ1v) is 5.93. The van der Waals surface area contributed by atoms with Gasteiger partial charge < -0.3 is 4.90 Å². The lowest BCUT2D eigenvalue weighted by Gasteiger charge is -2.25. The SMILES string of the molecule is CCC[C@H]1C[C@@H](C(C)C)N(CC)C1. The first kappa shape index (κ1) is 11.0. The van der Waals surface area contributed by atoms with Crippen LogP contribution in [-0.2, 0) is 0 Å². The van der Waals surface area contributed by atoms with Gasteiger partial charge in [0.25, 0.3) is 0 Å².